The van der Waals surface area contributed by atoms with Crippen LogP contribution in [0.3, 0.4) is 0 Å². The van der Waals surface area contributed by atoms with E-state index in [1.807, 2.05) is 6.07 Å². The van der Waals surface area contributed by atoms with Crippen LogP contribution >= 0.6 is 27.5 Å². The smallest absolute Gasteiger partial charge is 0.225 e. The van der Waals surface area contributed by atoms with Crippen LogP contribution in [0.15, 0.2) is 22.7 Å². The summed E-state index contributed by atoms with van der Waals surface area (Å²) in [7, 11) is 0. The molecule has 0 bridgehead atoms. The predicted molar refractivity (Wildman–Crippen MR) is 68.6 cm³/mol. The van der Waals surface area contributed by atoms with Crippen molar-refractivity contribution < 1.29 is 4.79 Å². The first kappa shape index (κ1) is 12.4. The summed E-state index contributed by atoms with van der Waals surface area (Å²) in [5.41, 5.74) is 0.214. The molecule has 5 heteroatoms. The molecule has 3 nitrogen and oxygen atoms in total. The van der Waals surface area contributed by atoms with E-state index in [2.05, 4.69) is 27.3 Å². The van der Waals surface area contributed by atoms with Crippen molar-refractivity contribution in [3.05, 3.63) is 33.3 Å². The van der Waals surface area contributed by atoms with Crippen LogP contribution in [0.5, 0.6) is 0 Å². The number of hydrogen-bond donors (Lipinski definition) is 1. The lowest BCUT2D eigenvalue weighted by atomic mass is 10.1. The van der Waals surface area contributed by atoms with E-state index < -0.39 is 5.54 Å². The number of benzene rings is 1. The maximum absolute atomic E-state index is 11.8. The fraction of sp³-hybridized carbons (Fsp3) is 0.333. The van der Waals surface area contributed by atoms with Gasteiger partial charge < -0.3 is 5.32 Å². The first-order chi connectivity index (χ1) is 8.04. The molecule has 1 fully saturated rings. The normalized spacial score (nSPS) is 16.1. The lowest BCUT2D eigenvalue weighted by Gasteiger charge is -2.10. The molecular formula is C12H10BrClN2O. The maximum Gasteiger partial charge on any atom is 0.225 e. The van der Waals surface area contributed by atoms with Crippen molar-refractivity contribution in [3.63, 3.8) is 0 Å². The molecule has 0 spiro atoms. The van der Waals surface area contributed by atoms with Gasteiger partial charge in [0.1, 0.15) is 5.54 Å². The Bertz CT molecular complexity index is 506. The van der Waals surface area contributed by atoms with E-state index >= 15 is 0 Å². The second-order valence-electron chi connectivity index (χ2n) is 4.15. The fourth-order valence-electron chi connectivity index (χ4n) is 1.55. The number of halogens is 2. The number of hydrogen-bond acceptors (Lipinski definition) is 2. The van der Waals surface area contributed by atoms with Crippen molar-refractivity contribution in [1.82, 2.24) is 5.32 Å². The average molecular weight is 314 g/mol. The summed E-state index contributed by atoms with van der Waals surface area (Å²) in [4.78, 5) is 11.8. The Morgan fingerprint density at radius 1 is 1.59 bits per heavy atom. The van der Waals surface area contributed by atoms with Crippen molar-refractivity contribution in [2.75, 3.05) is 0 Å². The van der Waals surface area contributed by atoms with Gasteiger partial charge in [0.05, 0.1) is 12.5 Å². The zero-order chi connectivity index (χ0) is 12.5. The molecule has 0 aliphatic heterocycles. The number of nitrogens with zero attached hydrogens (tertiary/aromatic N) is 1. The van der Waals surface area contributed by atoms with Gasteiger partial charge in [-0.1, -0.05) is 27.5 Å². The zero-order valence-corrected chi connectivity index (χ0v) is 11.3. The van der Waals surface area contributed by atoms with Crippen molar-refractivity contribution in [3.8, 4) is 6.07 Å². The highest BCUT2D eigenvalue weighted by Crippen LogP contribution is 2.34. The van der Waals surface area contributed by atoms with Gasteiger partial charge in [0, 0.05) is 9.50 Å². The monoisotopic (exact) mass is 312 g/mol. The molecule has 0 atom stereocenters. The van der Waals surface area contributed by atoms with Crippen molar-refractivity contribution >= 4 is 33.4 Å². The van der Waals surface area contributed by atoms with Gasteiger partial charge in [-0.3, -0.25) is 4.79 Å². The average Bonchev–Trinajstić information content (AvgIpc) is 3.04. The summed E-state index contributed by atoms with van der Waals surface area (Å²) < 4.78 is 0.846. The van der Waals surface area contributed by atoms with Crippen molar-refractivity contribution in [2.24, 2.45) is 0 Å². The number of amides is 1. The van der Waals surface area contributed by atoms with Crippen LogP contribution in [0.1, 0.15) is 18.4 Å². The first-order valence-electron chi connectivity index (χ1n) is 5.21. The Hall–Kier alpha value is -1.05. The predicted octanol–water partition coefficient (Wildman–Crippen LogP) is 2.82. The molecule has 0 aromatic heterocycles. The van der Waals surface area contributed by atoms with Crippen LogP contribution in [0, 0.1) is 11.3 Å². The van der Waals surface area contributed by atoms with Crippen LogP contribution in [0.4, 0.5) is 0 Å². The number of rotatable bonds is 3. The third-order valence-electron chi connectivity index (χ3n) is 2.70. The molecule has 88 valence electrons. The molecule has 0 saturated heterocycles. The van der Waals surface area contributed by atoms with E-state index in [0.29, 0.717) is 5.02 Å². The van der Waals surface area contributed by atoms with E-state index in [0.717, 1.165) is 22.9 Å². The topological polar surface area (TPSA) is 52.9 Å². The van der Waals surface area contributed by atoms with Gasteiger partial charge in [-0.25, -0.2) is 0 Å². The number of carbonyl (C=O) groups is 1. The number of nitrogens with one attached hydrogen (secondary N) is 1. The molecule has 0 radical (unpaired) electrons. The largest absolute Gasteiger partial charge is 0.338 e. The number of nitriles is 1. The Kier molecular flexibility index (Phi) is 3.41. The van der Waals surface area contributed by atoms with E-state index in [4.69, 9.17) is 16.9 Å². The maximum atomic E-state index is 11.8. The summed E-state index contributed by atoms with van der Waals surface area (Å²) in [6, 6.07) is 7.43. The fourth-order valence-corrected chi connectivity index (χ4v) is 2.13. The molecule has 1 amide bonds. The van der Waals surface area contributed by atoms with Gasteiger partial charge in [0.15, 0.2) is 0 Å². The third-order valence-corrected chi connectivity index (χ3v) is 3.71. The molecule has 17 heavy (non-hydrogen) atoms. The Balaban J connectivity index is 2.04. The lowest BCUT2D eigenvalue weighted by molar-refractivity contribution is -0.121. The minimum atomic E-state index is -0.609. The summed E-state index contributed by atoms with van der Waals surface area (Å²) in [6.45, 7) is 0. The van der Waals surface area contributed by atoms with Gasteiger partial charge in [0.25, 0.3) is 0 Å². The molecule has 1 saturated carbocycles. The molecule has 2 rings (SSSR count). The second-order valence-corrected chi connectivity index (χ2v) is 5.45. The van der Waals surface area contributed by atoms with E-state index in [-0.39, 0.29) is 12.3 Å². The van der Waals surface area contributed by atoms with Crippen LogP contribution in [-0.4, -0.2) is 11.4 Å². The van der Waals surface area contributed by atoms with E-state index in [1.54, 1.807) is 12.1 Å². The highest BCUT2D eigenvalue weighted by molar-refractivity contribution is 9.10. The summed E-state index contributed by atoms with van der Waals surface area (Å²) >= 11 is 9.24. The Morgan fingerprint density at radius 3 is 2.88 bits per heavy atom. The second kappa shape index (κ2) is 4.67. The Morgan fingerprint density at radius 2 is 2.29 bits per heavy atom. The van der Waals surface area contributed by atoms with Crippen LogP contribution in [0.2, 0.25) is 5.02 Å². The van der Waals surface area contributed by atoms with Gasteiger partial charge in [-0.05, 0) is 36.6 Å². The Labute approximate surface area is 113 Å². The summed E-state index contributed by atoms with van der Waals surface area (Å²) in [5, 5.41) is 12.2. The van der Waals surface area contributed by atoms with Crippen molar-refractivity contribution in [2.45, 2.75) is 24.8 Å². The zero-order valence-electron chi connectivity index (χ0n) is 8.96. The minimum Gasteiger partial charge on any atom is -0.338 e. The summed E-state index contributed by atoms with van der Waals surface area (Å²) in [6.07, 6.45) is 1.71. The highest BCUT2D eigenvalue weighted by Gasteiger charge is 2.44. The van der Waals surface area contributed by atoms with Crippen LogP contribution in [-0.2, 0) is 11.2 Å². The van der Waals surface area contributed by atoms with Crippen LogP contribution < -0.4 is 5.32 Å². The minimum absolute atomic E-state index is 0.146. The SMILES string of the molecule is N#CC1(NC(=O)Cc2cc(Cl)ccc2Br)CC1. The third kappa shape index (κ3) is 2.99. The molecule has 1 aliphatic carbocycles. The molecular weight excluding hydrogens is 304 g/mol. The lowest BCUT2D eigenvalue weighted by Crippen LogP contribution is -2.36. The number of carbonyl (C=O) groups excluding carboxylic acids is 1. The quantitative estimate of drug-likeness (QED) is 0.933. The standard InChI is InChI=1S/C12H10BrClN2O/c13-10-2-1-9(14)5-8(10)6-11(17)16-12(7-15)3-4-12/h1-2,5H,3-4,6H2,(H,16,17). The van der Waals surface area contributed by atoms with Crippen molar-refractivity contribution in [1.29, 1.82) is 5.26 Å². The molecule has 1 aromatic rings. The molecule has 0 unspecified atom stereocenters. The molecule has 1 aromatic carbocycles. The molecule has 1 aliphatic rings. The van der Waals surface area contributed by atoms with Gasteiger partial charge in [0.2, 0.25) is 5.91 Å². The molecule has 1 N–H and O–H groups in total. The highest BCUT2D eigenvalue weighted by atomic mass is 79.9. The molecule has 0 heterocycles. The van der Waals surface area contributed by atoms with Gasteiger partial charge in [-0.2, -0.15) is 5.26 Å². The van der Waals surface area contributed by atoms with E-state index in [1.165, 1.54) is 0 Å². The van der Waals surface area contributed by atoms with Crippen LogP contribution in [0.25, 0.3) is 0 Å². The van der Waals surface area contributed by atoms with Gasteiger partial charge in [-0.15, -0.1) is 0 Å². The van der Waals surface area contributed by atoms with E-state index in [9.17, 15) is 4.79 Å². The first-order valence-corrected chi connectivity index (χ1v) is 6.38. The van der Waals surface area contributed by atoms with Gasteiger partial charge >= 0.3 is 0 Å². The summed E-state index contributed by atoms with van der Waals surface area (Å²) in [5.74, 6) is -0.146.